The fourth-order valence-corrected chi connectivity index (χ4v) is 10.4. The minimum atomic E-state index is -4.29. The zero-order valence-electron chi connectivity index (χ0n) is 56.3. The van der Waals surface area contributed by atoms with Gasteiger partial charge in [-0.1, -0.05) is 88.4 Å². The predicted octanol–water partition coefficient (Wildman–Crippen LogP) is 3.90. The summed E-state index contributed by atoms with van der Waals surface area (Å²) < 4.78 is 102. The minimum absolute atomic E-state index is 0.00820. The molecule has 1 saturated heterocycles. The average molecular weight is 1340 g/mol. The molecule has 26 heteroatoms. The molecular formula is C67H111N3O22S. The van der Waals surface area contributed by atoms with E-state index in [-0.39, 0.29) is 82.7 Å². The van der Waals surface area contributed by atoms with Gasteiger partial charge in [-0.2, -0.15) is 8.42 Å². The fraction of sp³-hybridized carbons (Fsp3) is 0.746. The maximum absolute atomic E-state index is 14.5. The number of ketones is 3. The summed E-state index contributed by atoms with van der Waals surface area (Å²) in [6, 6.07) is 16.5. The molecule has 0 aromatic heterocycles. The van der Waals surface area contributed by atoms with Crippen LogP contribution in [0.5, 0.6) is 0 Å². The van der Waals surface area contributed by atoms with E-state index in [0.717, 1.165) is 18.1 Å². The molecule has 1 heterocycles. The molecule has 3 rings (SSSR count). The molecule has 2 aromatic carbocycles. The van der Waals surface area contributed by atoms with Crippen LogP contribution >= 0.6 is 0 Å². The Morgan fingerprint density at radius 2 is 0.925 bits per heavy atom. The zero-order chi connectivity index (χ0) is 67.6. The van der Waals surface area contributed by atoms with Crippen LogP contribution < -0.4 is 10.6 Å². The number of nitrogens with zero attached hydrogens (tertiary/aromatic N) is 1. The van der Waals surface area contributed by atoms with E-state index in [1.807, 2.05) is 93.3 Å². The van der Waals surface area contributed by atoms with E-state index >= 15 is 0 Å². The standard InChI is InChI=1S/C67H111N3O22S/c1-54(2)47-61(68-65(74)58(18-17-56-13-9-7-10-14-56)50-60(71)52-70-19-21-80-22-20-70)63(72)51-59(49-57-15-11-8-12-16-57)66(75)69-62(48-55(3)4)64(73)67(5,76)53-92-93(77,78)46-45-91-44-43-90-42-41-89-40-39-88-38-37-87-36-35-86-34-33-85-32-31-84-30-29-83-28-27-82-26-25-81-24-23-79-6/h7-16,54-55,58-59,61-62,76H,17-53H2,1-6H3,(H,68,74)(H,69,75)/t58-,59-,61+,62+,67?/m1/s1. The van der Waals surface area contributed by atoms with Crippen molar-refractivity contribution in [1.82, 2.24) is 15.5 Å². The first-order valence-corrected chi connectivity index (χ1v) is 34.5. The largest absolute Gasteiger partial charge is 0.382 e. The van der Waals surface area contributed by atoms with E-state index < -0.39 is 75.4 Å². The summed E-state index contributed by atoms with van der Waals surface area (Å²) in [7, 11) is -2.66. The third kappa shape index (κ3) is 42.1. The number of rotatable bonds is 61. The van der Waals surface area contributed by atoms with Crippen molar-refractivity contribution in [3.8, 4) is 0 Å². The zero-order valence-corrected chi connectivity index (χ0v) is 57.1. The third-order valence-corrected chi connectivity index (χ3v) is 15.7. The molecular weight excluding hydrogens is 1230 g/mol. The second kappa shape index (κ2) is 51.9. The van der Waals surface area contributed by atoms with Gasteiger partial charge in [0.25, 0.3) is 10.1 Å². The lowest BCUT2D eigenvalue weighted by Crippen LogP contribution is -2.54. The quantitative estimate of drug-likeness (QED) is 0.0625. The van der Waals surface area contributed by atoms with Gasteiger partial charge in [-0.3, -0.25) is 33.1 Å². The van der Waals surface area contributed by atoms with E-state index in [4.69, 9.17) is 65.8 Å². The van der Waals surface area contributed by atoms with Crippen molar-refractivity contribution in [3.05, 3.63) is 71.8 Å². The average Bonchev–Trinajstić information content (AvgIpc) is 0.934. The van der Waals surface area contributed by atoms with Gasteiger partial charge in [-0.25, -0.2) is 0 Å². The molecule has 1 aliphatic rings. The summed E-state index contributed by atoms with van der Waals surface area (Å²) in [5.74, 6) is -4.93. The van der Waals surface area contributed by atoms with Crippen molar-refractivity contribution >= 4 is 39.3 Å². The van der Waals surface area contributed by atoms with Crippen molar-refractivity contribution in [3.63, 3.8) is 0 Å². The van der Waals surface area contributed by atoms with Gasteiger partial charge < -0.3 is 77.3 Å². The van der Waals surface area contributed by atoms with E-state index in [1.54, 1.807) is 7.11 Å². The number of benzene rings is 2. The molecule has 1 fully saturated rings. The lowest BCUT2D eigenvalue weighted by Gasteiger charge is -2.30. The molecule has 0 bridgehead atoms. The van der Waals surface area contributed by atoms with Crippen LogP contribution in [0.15, 0.2) is 60.7 Å². The van der Waals surface area contributed by atoms with E-state index in [0.29, 0.717) is 165 Å². The Labute approximate surface area is 552 Å². The number of hydrogen-bond acceptors (Lipinski definition) is 23. The molecule has 1 aliphatic heterocycles. The molecule has 1 unspecified atom stereocenters. The fourth-order valence-electron chi connectivity index (χ4n) is 9.54. The Hall–Kier alpha value is -4.30. The first kappa shape index (κ1) is 82.9. The maximum Gasteiger partial charge on any atom is 0.269 e. The molecule has 532 valence electrons. The summed E-state index contributed by atoms with van der Waals surface area (Å²) in [4.78, 5) is 73.0. The molecule has 2 aromatic rings. The Bertz CT molecular complexity index is 2370. The molecule has 25 nitrogen and oxygen atoms in total. The van der Waals surface area contributed by atoms with Crippen molar-refractivity contribution < 1.29 is 103 Å². The van der Waals surface area contributed by atoms with Crippen molar-refractivity contribution in [1.29, 1.82) is 0 Å². The molecule has 0 saturated carbocycles. The van der Waals surface area contributed by atoms with E-state index in [1.165, 1.54) is 0 Å². The highest BCUT2D eigenvalue weighted by Gasteiger charge is 2.40. The number of amides is 2. The SMILES string of the molecule is COCCOCCOCCOCCOCCOCCOCCOCCOCCOCCOCCOCCS(=O)(=O)OCC(C)(O)C(=O)[C@H](CC(C)C)NC(=O)[C@@H](CC(=O)[C@H](CC(C)C)NC(=O)[C@H](CCc1ccccc1)CC(=O)CN1CCOCC1)Cc1ccccc1. The van der Waals surface area contributed by atoms with Gasteiger partial charge in [-0.05, 0) is 62.0 Å². The van der Waals surface area contributed by atoms with Gasteiger partial charge >= 0.3 is 0 Å². The molecule has 0 aliphatic carbocycles. The Morgan fingerprint density at radius 1 is 0.538 bits per heavy atom. The van der Waals surface area contributed by atoms with Crippen LogP contribution in [0.25, 0.3) is 0 Å². The molecule has 0 radical (unpaired) electrons. The van der Waals surface area contributed by atoms with Crippen LogP contribution in [-0.2, 0) is 113 Å². The predicted molar refractivity (Wildman–Crippen MR) is 347 cm³/mol. The van der Waals surface area contributed by atoms with Gasteiger partial charge in [-0.15, -0.1) is 0 Å². The lowest BCUT2D eigenvalue weighted by molar-refractivity contribution is -0.143. The molecule has 3 N–H and O–H groups in total. The number of methoxy groups -OCH3 is 1. The number of carbonyl (C=O) groups is 5. The highest BCUT2D eigenvalue weighted by Crippen LogP contribution is 2.22. The number of aliphatic hydroxyl groups is 1. The minimum Gasteiger partial charge on any atom is -0.382 e. The second-order valence-electron chi connectivity index (χ2n) is 23.7. The normalized spacial score (nSPS) is 15.0. The Morgan fingerprint density at radius 3 is 1.35 bits per heavy atom. The summed E-state index contributed by atoms with van der Waals surface area (Å²) in [6.45, 7) is 19.1. The van der Waals surface area contributed by atoms with Crippen molar-refractivity contribution in [2.45, 2.75) is 97.2 Å². The van der Waals surface area contributed by atoms with Crippen LogP contribution in [0, 0.1) is 23.7 Å². The van der Waals surface area contributed by atoms with Crippen LogP contribution in [0.4, 0.5) is 0 Å². The topological polar surface area (TPSA) is 296 Å². The molecule has 0 spiro atoms. The number of carbonyl (C=O) groups excluding carboxylic acids is 5. The number of Topliss-reactive ketones (excluding diaryl/α,β-unsaturated/α-hetero) is 3. The van der Waals surface area contributed by atoms with Crippen LogP contribution in [0.3, 0.4) is 0 Å². The summed E-state index contributed by atoms with van der Waals surface area (Å²) in [5, 5.41) is 17.3. The first-order valence-electron chi connectivity index (χ1n) is 32.9. The molecule has 5 atom stereocenters. The van der Waals surface area contributed by atoms with E-state index in [2.05, 4.69) is 10.6 Å². The lowest BCUT2D eigenvalue weighted by atomic mass is 9.86. The number of morpholine rings is 1. The summed E-state index contributed by atoms with van der Waals surface area (Å²) in [6.07, 6.45) is 1.06. The van der Waals surface area contributed by atoms with Gasteiger partial charge in [0.2, 0.25) is 11.8 Å². The monoisotopic (exact) mass is 1340 g/mol. The highest BCUT2D eigenvalue weighted by atomic mass is 32.2. The first-order chi connectivity index (χ1) is 44.9. The van der Waals surface area contributed by atoms with Crippen molar-refractivity contribution in [2.75, 3.05) is 204 Å². The second-order valence-corrected chi connectivity index (χ2v) is 25.4. The maximum atomic E-state index is 14.5. The van der Waals surface area contributed by atoms with Crippen LogP contribution in [0.2, 0.25) is 0 Å². The van der Waals surface area contributed by atoms with Crippen LogP contribution in [-0.4, -0.2) is 270 Å². The number of aryl methyl sites for hydroxylation is 1. The Kier molecular flexibility index (Phi) is 46.3. The Balaban J connectivity index is 1.33. The number of hydrogen-bond donors (Lipinski definition) is 3. The van der Waals surface area contributed by atoms with Gasteiger partial charge in [0, 0.05) is 44.9 Å². The number of ether oxygens (including phenoxy) is 13. The molecule has 2 amide bonds. The van der Waals surface area contributed by atoms with Crippen LogP contribution in [0.1, 0.15) is 77.8 Å². The number of nitrogens with one attached hydrogen (secondary N) is 2. The third-order valence-electron chi connectivity index (χ3n) is 14.5. The summed E-state index contributed by atoms with van der Waals surface area (Å²) in [5.41, 5.74) is -0.606. The highest BCUT2D eigenvalue weighted by molar-refractivity contribution is 7.86. The smallest absolute Gasteiger partial charge is 0.269 e. The van der Waals surface area contributed by atoms with Gasteiger partial charge in [0.1, 0.15) is 18.0 Å². The van der Waals surface area contributed by atoms with Gasteiger partial charge in [0.05, 0.1) is 190 Å². The van der Waals surface area contributed by atoms with Crippen molar-refractivity contribution in [2.24, 2.45) is 23.7 Å². The van der Waals surface area contributed by atoms with Gasteiger partial charge in [0.15, 0.2) is 11.6 Å². The van der Waals surface area contributed by atoms with E-state index in [9.17, 15) is 37.5 Å². The molecule has 93 heavy (non-hydrogen) atoms. The summed E-state index contributed by atoms with van der Waals surface area (Å²) >= 11 is 0.